The van der Waals surface area contributed by atoms with Gasteiger partial charge in [0.15, 0.2) is 0 Å². The summed E-state index contributed by atoms with van der Waals surface area (Å²) in [6.45, 7) is 7.02. The highest BCUT2D eigenvalue weighted by atomic mass is 19.1. The molecular formula is C15H21FN2O2. The molecule has 4 nitrogen and oxygen atoms in total. The monoisotopic (exact) mass is 280 g/mol. The second kappa shape index (κ2) is 6.33. The summed E-state index contributed by atoms with van der Waals surface area (Å²) in [6.07, 6.45) is 0. The van der Waals surface area contributed by atoms with E-state index >= 15 is 0 Å². The van der Waals surface area contributed by atoms with Gasteiger partial charge < -0.3 is 5.11 Å². The fourth-order valence-electron chi connectivity index (χ4n) is 2.58. The zero-order valence-corrected chi connectivity index (χ0v) is 12.0. The highest BCUT2D eigenvalue weighted by Crippen LogP contribution is 2.23. The number of hydrogen-bond donors (Lipinski definition) is 1. The van der Waals surface area contributed by atoms with Gasteiger partial charge in [0.1, 0.15) is 5.82 Å². The second-order valence-electron chi connectivity index (χ2n) is 5.39. The molecule has 0 aliphatic carbocycles. The van der Waals surface area contributed by atoms with Crippen molar-refractivity contribution < 1.29 is 14.3 Å². The lowest BCUT2D eigenvalue weighted by Crippen LogP contribution is -2.48. The van der Waals surface area contributed by atoms with Crippen LogP contribution in [0.4, 0.5) is 4.39 Å². The van der Waals surface area contributed by atoms with Crippen molar-refractivity contribution >= 4 is 5.97 Å². The lowest BCUT2D eigenvalue weighted by atomic mass is 10.0. The van der Waals surface area contributed by atoms with E-state index in [1.165, 1.54) is 0 Å². The molecule has 0 radical (unpaired) electrons. The van der Waals surface area contributed by atoms with Crippen LogP contribution in [0.5, 0.6) is 0 Å². The van der Waals surface area contributed by atoms with Gasteiger partial charge in [-0.25, -0.2) is 4.39 Å². The Morgan fingerprint density at radius 2 is 2.00 bits per heavy atom. The van der Waals surface area contributed by atoms with Crippen LogP contribution in [-0.4, -0.2) is 53.6 Å². The van der Waals surface area contributed by atoms with Crippen molar-refractivity contribution in [1.82, 2.24) is 9.80 Å². The summed E-state index contributed by atoms with van der Waals surface area (Å²) in [5.41, 5.74) is 1.63. The molecule has 1 N–H and O–H groups in total. The van der Waals surface area contributed by atoms with Crippen molar-refractivity contribution in [3.63, 3.8) is 0 Å². The van der Waals surface area contributed by atoms with Crippen LogP contribution in [0.25, 0.3) is 0 Å². The lowest BCUT2D eigenvalue weighted by Gasteiger charge is -2.37. The van der Waals surface area contributed by atoms with E-state index in [9.17, 15) is 9.18 Å². The van der Waals surface area contributed by atoms with E-state index in [1.807, 2.05) is 17.0 Å². The van der Waals surface area contributed by atoms with Crippen LogP contribution in [0, 0.1) is 12.7 Å². The van der Waals surface area contributed by atoms with Gasteiger partial charge in [-0.3, -0.25) is 14.6 Å². The van der Waals surface area contributed by atoms with Crippen LogP contribution >= 0.6 is 0 Å². The summed E-state index contributed by atoms with van der Waals surface area (Å²) in [5.74, 6) is -0.953. The zero-order valence-electron chi connectivity index (χ0n) is 12.0. The van der Waals surface area contributed by atoms with Crippen molar-refractivity contribution in [3.05, 3.63) is 35.1 Å². The molecule has 110 valence electrons. The first-order valence-corrected chi connectivity index (χ1v) is 6.91. The van der Waals surface area contributed by atoms with Gasteiger partial charge in [0.2, 0.25) is 0 Å². The Balaban J connectivity index is 1.95. The molecule has 1 unspecified atom stereocenters. The quantitative estimate of drug-likeness (QED) is 0.915. The predicted octanol–water partition coefficient (Wildman–Crippen LogP) is 1.90. The molecule has 1 aromatic carbocycles. The number of carboxylic acid groups (broad SMARTS) is 1. The van der Waals surface area contributed by atoms with E-state index in [4.69, 9.17) is 5.11 Å². The molecule has 1 saturated heterocycles. The molecule has 1 aliphatic heterocycles. The third kappa shape index (κ3) is 3.55. The van der Waals surface area contributed by atoms with Crippen LogP contribution in [0.2, 0.25) is 0 Å². The molecule has 5 heteroatoms. The summed E-state index contributed by atoms with van der Waals surface area (Å²) in [7, 11) is 0. The van der Waals surface area contributed by atoms with Gasteiger partial charge in [0.05, 0.1) is 6.54 Å². The van der Waals surface area contributed by atoms with Gasteiger partial charge in [-0.1, -0.05) is 12.1 Å². The summed E-state index contributed by atoms with van der Waals surface area (Å²) < 4.78 is 13.6. The van der Waals surface area contributed by atoms with E-state index in [1.54, 1.807) is 13.0 Å². The van der Waals surface area contributed by atoms with E-state index < -0.39 is 5.97 Å². The third-order valence-electron chi connectivity index (χ3n) is 3.99. The summed E-state index contributed by atoms with van der Waals surface area (Å²) in [6, 6.07) is 5.52. The molecule has 20 heavy (non-hydrogen) atoms. The minimum atomic E-state index is -0.785. The zero-order chi connectivity index (χ0) is 14.7. The molecule has 1 aromatic rings. The SMILES string of the molecule is Cc1ccc(C(C)N2CCN(CC(=O)O)CC2)cc1F. The molecule has 1 fully saturated rings. The Morgan fingerprint density at radius 3 is 2.55 bits per heavy atom. The fourth-order valence-corrected chi connectivity index (χ4v) is 2.58. The van der Waals surface area contributed by atoms with Gasteiger partial charge in [-0.05, 0) is 31.0 Å². The number of aryl methyl sites for hydroxylation is 1. The Hall–Kier alpha value is -1.46. The molecule has 2 rings (SSSR count). The minimum absolute atomic E-state index is 0.0986. The molecule has 0 amide bonds. The number of piperazine rings is 1. The van der Waals surface area contributed by atoms with Crippen molar-refractivity contribution in [2.75, 3.05) is 32.7 Å². The van der Waals surface area contributed by atoms with Crippen LogP contribution in [-0.2, 0) is 4.79 Å². The molecule has 0 spiro atoms. The Bertz CT molecular complexity index is 485. The summed E-state index contributed by atoms with van der Waals surface area (Å²) >= 11 is 0. The third-order valence-corrected chi connectivity index (χ3v) is 3.99. The average molecular weight is 280 g/mol. The molecule has 1 aliphatic rings. The van der Waals surface area contributed by atoms with Crippen LogP contribution < -0.4 is 0 Å². The molecule has 0 bridgehead atoms. The van der Waals surface area contributed by atoms with Gasteiger partial charge >= 0.3 is 5.97 Å². The largest absolute Gasteiger partial charge is 0.480 e. The van der Waals surface area contributed by atoms with Crippen LogP contribution in [0.15, 0.2) is 18.2 Å². The van der Waals surface area contributed by atoms with Crippen molar-refractivity contribution in [2.24, 2.45) is 0 Å². The van der Waals surface area contributed by atoms with Crippen molar-refractivity contribution in [2.45, 2.75) is 19.9 Å². The summed E-state index contributed by atoms with van der Waals surface area (Å²) in [4.78, 5) is 14.9. The van der Waals surface area contributed by atoms with Gasteiger partial charge in [-0.2, -0.15) is 0 Å². The number of nitrogens with zero attached hydrogens (tertiary/aromatic N) is 2. The lowest BCUT2D eigenvalue weighted by molar-refractivity contribution is -0.138. The van der Waals surface area contributed by atoms with Crippen LogP contribution in [0.1, 0.15) is 24.1 Å². The van der Waals surface area contributed by atoms with E-state index in [0.29, 0.717) is 5.56 Å². The van der Waals surface area contributed by atoms with Crippen LogP contribution in [0.3, 0.4) is 0 Å². The standard InChI is InChI=1S/C15H21FN2O2/c1-11-3-4-13(9-14(11)16)12(2)18-7-5-17(6-8-18)10-15(19)20/h3-4,9,12H,5-8,10H2,1-2H3,(H,19,20). The van der Waals surface area contributed by atoms with Gasteiger partial charge in [0, 0.05) is 32.2 Å². The van der Waals surface area contributed by atoms with E-state index in [0.717, 1.165) is 31.7 Å². The number of carboxylic acids is 1. The first kappa shape index (κ1) is 14.9. The molecule has 1 heterocycles. The predicted molar refractivity (Wildman–Crippen MR) is 75.2 cm³/mol. The minimum Gasteiger partial charge on any atom is -0.480 e. The first-order chi connectivity index (χ1) is 9.47. The topological polar surface area (TPSA) is 43.8 Å². The number of benzene rings is 1. The molecule has 0 saturated carbocycles. The molecule has 0 aromatic heterocycles. The van der Waals surface area contributed by atoms with Crippen molar-refractivity contribution in [1.29, 1.82) is 0 Å². The maximum Gasteiger partial charge on any atom is 0.317 e. The summed E-state index contributed by atoms with van der Waals surface area (Å²) in [5, 5.41) is 8.78. The number of hydrogen-bond acceptors (Lipinski definition) is 3. The highest BCUT2D eigenvalue weighted by Gasteiger charge is 2.23. The maximum atomic E-state index is 13.6. The Labute approximate surface area is 118 Å². The van der Waals surface area contributed by atoms with E-state index in [2.05, 4.69) is 11.8 Å². The van der Waals surface area contributed by atoms with Crippen molar-refractivity contribution in [3.8, 4) is 0 Å². The Morgan fingerprint density at radius 1 is 1.35 bits per heavy atom. The maximum absolute atomic E-state index is 13.6. The van der Waals surface area contributed by atoms with E-state index in [-0.39, 0.29) is 18.4 Å². The highest BCUT2D eigenvalue weighted by molar-refractivity contribution is 5.69. The molecule has 1 atom stereocenters. The first-order valence-electron chi connectivity index (χ1n) is 6.91. The van der Waals surface area contributed by atoms with Gasteiger partial charge in [0.25, 0.3) is 0 Å². The normalized spacial score (nSPS) is 18.9. The molecular weight excluding hydrogens is 259 g/mol. The smallest absolute Gasteiger partial charge is 0.317 e. The number of rotatable bonds is 4. The average Bonchev–Trinajstić information content (AvgIpc) is 2.41. The number of halogens is 1. The number of aliphatic carboxylic acids is 1. The Kier molecular flexibility index (Phi) is 4.73. The fraction of sp³-hybridized carbons (Fsp3) is 0.533. The van der Waals surface area contributed by atoms with Gasteiger partial charge in [-0.15, -0.1) is 0 Å². The number of carbonyl (C=O) groups is 1. The second-order valence-corrected chi connectivity index (χ2v) is 5.39.